The summed E-state index contributed by atoms with van der Waals surface area (Å²) >= 11 is 0. The van der Waals surface area contributed by atoms with Crippen molar-refractivity contribution in [1.29, 1.82) is 0 Å². The molecule has 7 heteroatoms. The van der Waals surface area contributed by atoms with Crippen LogP contribution in [0.15, 0.2) is 53.7 Å². The SMILES string of the molecule is COc1ccc(C2C3=C(CC(C)(C)CC3=O)Nc3ccccc3N2CC(=O)NC2CC2)cc1OC. The fraction of sp³-hybridized carbons (Fsp3) is 0.429. The Morgan fingerprint density at radius 1 is 1.09 bits per heavy atom. The van der Waals surface area contributed by atoms with Crippen LogP contribution in [-0.2, 0) is 9.59 Å². The number of rotatable bonds is 6. The van der Waals surface area contributed by atoms with E-state index in [2.05, 4.69) is 29.4 Å². The molecule has 2 aromatic rings. The van der Waals surface area contributed by atoms with E-state index in [1.165, 1.54) is 0 Å². The molecule has 0 radical (unpaired) electrons. The highest BCUT2D eigenvalue weighted by atomic mass is 16.5. The lowest BCUT2D eigenvalue weighted by Gasteiger charge is -2.38. The van der Waals surface area contributed by atoms with Crippen LogP contribution >= 0.6 is 0 Å². The van der Waals surface area contributed by atoms with Crippen LogP contribution in [0.1, 0.15) is 51.1 Å². The van der Waals surface area contributed by atoms with E-state index in [0.29, 0.717) is 23.5 Å². The largest absolute Gasteiger partial charge is 0.493 e. The first-order valence-electron chi connectivity index (χ1n) is 12.2. The fourth-order valence-electron chi connectivity index (χ4n) is 5.25. The van der Waals surface area contributed by atoms with Crippen LogP contribution in [0.4, 0.5) is 11.4 Å². The summed E-state index contributed by atoms with van der Waals surface area (Å²) in [4.78, 5) is 28.9. The van der Waals surface area contributed by atoms with Crippen molar-refractivity contribution in [2.45, 2.75) is 51.6 Å². The first-order valence-corrected chi connectivity index (χ1v) is 12.2. The van der Waals surface area contributed by atoms with Gasteiger partial charge in [-0.05, 0) is 54.5 Å². The minimum absolute atomic E-state index is 0.0413. The van der Waals surface area contributed by atoms with Crippen LogP contribution < -0.4 is 25.0 Å². The molecule has 35 heavy (non-hydrogen) atoms. The van der Waals surface area contributed by atoms with E-state index >= 15 is 0 Å². The van der Waals surface area contributed by atoms with Gasteiger partial charge in [0.15, 0.2) is 17.3 Å². The van der Waals surface area contributed by atoms with Gasteiger partial charge in [-0.1, -0.05) is 32.0 Å². The number of anilines is 2. The highest BCUT2D eigenvalue weighted by molar-refractivity contribution is 6.02. The number of para-hydroxylation sites is 2. The molecule has 1 amide bonds. The second-order valence-corrected chi connectivity index (χ2v) is 10.5. The third-order valence-corrected chi connectivity index (χ3v) is 6.98. The molecule has 184 valence electrons. The number of hydrogen-bond acceptors (Lipinski definition) is 6. The highest BCUT2D eigenvalue weighted by Crippen LogP contribution is 2.49. The van der Waals surface area contributed by atoms with Crippen LogP contribution in [0.3, 0.4) is 0 Å². The average Bonchev–Trinajstić information content (AvgIpc) is 3.64. The van der Waals surface area contributed by atoms with Gasteiger partial charge in [0, 0.05) is 23.7 Å². The minimum Gasteiger partial charge on any atom is -0.493 e. The number of ketones is 1. The minimum atomic E-state index is -0.450. The zero-order valence-corrected chi connectivity index (χ0v) is 20.8. The molecular formula is C28H33N3O4. The molecule has 7 nitrogen and oxygen atoms in total. The number of allylic oxidation sites excluding steroid dienone is 1. The number of nitrogens with zero attached hydrogens (tertiary/aromatic N) is 1. The maximum atomic E-state index is 13.7. The van der Waals surface area contributed by atoms with Gasteiger partial charge in [-0.2, -0.15) is 0 Å². The Labute approximate surface area is 206 Å². The number of Topliss-reactive ketones (excluding diaryl/α,β-unsaturated/α-hetero) is 1. The molecule has 1 heterocycles. The van der Waals surface area contributed by atoms with E-state index in [9.17, 15) is 9.59 Å². The predicted molar refractivity (Wildman–Crippen MR) is 136 cm³/mol. The smallest absolute Gasteiger partial charge is 0.239 e. The summed E-state index contributed by atoms with van der Waals surface area (Å²) in [7, 11) is 3.21. The zero-order chi connectivity index (χ0) is 24.7. The van der Waals surface area contributed by atoms with Gasteiger partial charge < -0.3 is 25.0 Å². The number of hydrogen-bond donors (Lipinski definition) is 2. The van der Waals surface area contributed by atoms with Crippen molar-refractivity contribution in [2.24, 2.45) is 5.41 Å². The molecule has 0 bridgehead atoms. The standard InChI is InChI=1S/C28H33N3O4/c1-28(2)14-20-26(22(32)15-28)27(17-9-12-23(34-3)24(13-17)35-4)31(16-25(33)29-18-10-11-18)21-8-6-5-7-19(21)30-20/h5-9,12-13,18,27,30H,10-11,14-16H2,1-4H3,(H,29,33). The van der Waals surface area contributed by atoms with Gasteiger partial charge in [0.2, 0.25) is 5.91 Å². The average molecular weight is 476 g/mol. The Morgan fingerprint density at radius 2 is 1.83 bits per heavy atom. The number of carbonyl (C=O) groups excluding carboxylic acids is 2. The number of benzene rings is 2. The van der Waals surface area contributed by atoms with Gasteiger partial charge >= 0.3 is 0 Å². The quantitative estimate of drug-likeness (QED) is 0.636. The van der Waals surface area contributed by atoms with Gasteiger partial charge in [0.05, 0.1) is 38.2 Å². The summed E-state index contributed by atoms with van der Waals surface area (Å²) in [5.41, 5.74) is 4.14. The molecular weight excluding hydrogens is 442 g/mol. The van der Waals surface area contributed by atoms with E-state index in [1.807, 2.05) is 42.5 Å². The fourth-order valence-corrected chi connectivity index (χ4v) is 5.25. The molecule has 2 aromatic carbocycles. The van der Waals surface area contributed by atoms with Crippen molar-refractivity contribution in [2.75, 3.05) is 31.0 Å². The molecule has 5 rings (SSSR count). The maximum absolute atomic E-state index is 13.7. The number of methoxy groups -OCH3 is 2. The summed E-state index contributed by atoms with van der Waals surface area (Å²) in [5.74, 6) is 1.26. The van der Waals surface area contributed by atoms with Gasteiger partial charge in [-0.25, -0.2) is 0 Å². The second-order valence-electron chi connectivity index (χ2n) is 10.5. The van der Waals surface area contributed by atoms with Crippen LogP contribution in [0.25, 0.3) is 0 Å². The first-order chi connectivity index (χ1) is 16.8. The Balaban J connectivity index is 1.69. The third kappa shape index (κ3) is 4.59. The van der Waals surface area contributed by atoms with Gasteiger partial charge in [0.1, 0.15) is 0 Å². The van der Waals surface area contributed by atoms with Gasteiger partial charge in [-0.15, -0.1) is 0 Å². The molecule has 1 atom stereocenters. The summed E-state index contributed by atoms with van der Waals surface area (Å²) in [6.07, 6.45) is 3.24. The molecule has 1 aliphatic heterocycles. The van der Waals surface area contributed by atoms with E-state index in [-0.39, 0.29) is 29.7 Å². The third-order valence-electron chi connectivity index (χ3n) is 6.98. The van der Waals surface area contributed by atoms with E-state index in [1.54, 1.807) is 14.2 Å². The number of ether oxygens (including phenoxy) is 2. The second kappa shape index (κ2) is 8.95. The number of carbonyl (C=O) groups is 2. The highest BCUT2D eigenvalue weighted by Gasteiger charge is 2.42. The first kappa shape index (κ1) is 23.3. The van der Waals surface area contributed by atoms with E-state index < -0.39 is 6.04 Å². The number of amides is 1. The van der Waals surface area contributed by atoms with Gasteiger partial charge in [0.25, 0.3) is 0 Å². The number of fused-ring (bicyclic) bond motifs is 1. The van der Waals surface area contributed by atoms with Crippen LogP contribution in [-0.4, -0.2) is 38.5 Å². The molecule has 2 N–H and O–H groups in total. The van der Waals surface area contributed by atoms with Crippen molar-refractivity contribution in [3.63, 3.8) is 0 Å². The molecule has 1 unspecified atom stereocenters. The summed E-state index contributed by atoms with van der Waals surface area (Å²) in [6, 6.07) is 13.5. The van der Waals surface area contributed by atoms with Crippen LogP contribution in [0, 0.1) is 5.41 Å². The topological polar surface area (TPSA) is 79.9 Å². The monoisotopic (exact) mass is 475 g/mol. The molecule has 0 saturated heterocycles. The van der Waals surface area contributed by atoms with Crippen LogP contribution in [0.5, 0.6) is 11.5 Å². The van der Waals surface area contributed by atoms with Crippen molar-refractivity contribution >= 4 is 23.1 Å². The summed E-state index contributed by atoms with van der Waals surface area (Å²) in [6.45, 7) is 4.39. The lowest BCUT2D eigenvalue weighted by Crippen LogP contribution is -2.42. The van der Waals surface area contributed by atoms with Crippen LogP contribution in [0.2, 0.25) is 0 Å². The lowest BCUT2D eigenvalue weighted by molar-refractivity contribution is -0.120. The molecule has 1 saturated carbocycles. The van der Waals surface area contributed by atoms with Crippen molar-refractivity contribution < 1.29 is 19.1 Å². The van der Waals surface area contributed by atoms with E-state index in [4.69, 9.17) is 9.47 Å². The molecule has 3 aliphatic rings. The van der Waals surface area contributed by atoms with Crippen molar-refractivity contribution in [3.05, 3.63) is 59.3 Å². The lowest BCUT2D eigenvalue weighted by atomic mass is 9.73. The predicted octanol–water partition coefficient (Wildman–Crippen LogP) is 4.60. The van der Waals surface area contributed by atoms with Crippen molar-refractivity contribution in [3.8, 4) is 11.5 Å². The Hall–Kier alpha value is -3.48. The molecule has 2 aliphatic carbocycles. The summed E-state index contributed by atoms with van der Waals surface area (Å²) < 4.78 is 11.1. The Bertz CT molecular complexity index is 1200. The van der Waals surface area contributed by atoms with E-state index in [0.717, 1.165) is 41.9 Å². The van der Waals surface area contributed by atoms with Crippen molar-refractivity contribution in [1.82, 2.24) is 5.32 Å². The Morgan fingerprint density at radius 3 is 2.54 bits per heavy atom. The number of nitrogens with one attached hydrogen (secondary N) is 2. The van der Waals surface area contributed by atoms with Gasteiger partial charge in [-0.3, -0.25) is 9.59 Å². The molecule has 0 spiro atoms. The Kier molecular flexibility index (Phi) is 5.95. The molecule has 0 aromatic heterocycles. The molecule has 1 fully saturated rings. The zero-order valence-electron chi connectivity index (χ0n) is 20.8. The summed E-state index contributed by atoms with van der Waals surface area (Å²) in [5, 5.41) is 6.70. The maximum Gasteiger partial charge on any atom is 0.239 e. The normalized spacial score (nSPS) is 20.9.